The molecule has 0 saturated heterocycles. The number of benzene rings is 1. The predicted molar refractivity (Wildman–Crippen MR) is 66.8 cm³/mol. The summed E-state index contributed by atoms with van der Waals surface area (Å²) in [7, 11) is 0. The highest BCUT2D eigenvalue weighted by atomic mass is 15.3. The third-order valence-corrected chi connectivity index (χ3v) is 2.72. The fourth-order valence-corrected chi connectivity index (χ4v) is 1.94. The van der Waals surface area contributed by atoms with Gasteiger partial charge in [0.05, 0.1) is 11.9 Å². The van der Waals surface area contributed by atoms with Gasteiger partial charge in [-0.15, -0.1) is 0 Å². The van der Waals surface area contributed by atoms with E-state index in [0.29, 0.717) is 0 Å². The van der Waals surface area contributed by atoms with Crippen LogP contribution in [-0.2, 0) is 6.42 Å². The zero-order valence-corrected chi connectivity index (χ0v) is 9.99. The van der Waals surface area contributed by atoms with Gasteiger partial charge >= 0.3 is 0 Å². The number of nitrogens with zero attached hydrogens (tertiary/aromatic N) is 2. The predicted octanol–water partition coefficient (Wildman–Crippen LogP) is 2.63. The van der Waals surface area contributed by atoms with Crippen molar-refractivity contribution in [3.8, 4) is 5.69 Å². The van der Waals surface area contributed by atoms with Crippen molar-refractivity contribution < 1.29 is 0 Å². The molecule has 0 radical (unpaired) electrons. The van der Waals surface area contributed by atoms with Gasteiger partial charge in [0.15, 0.2) is 0 Å². The summed E-state index contributed by atoms with van der Waals surface area (Å²) in [6.07, 6.45) is 2.75. The Hall–Kier alpha value is -1.77. The van der Waals surface area contributed by atoms with Crippen molar-refractivity contribution in [1.29, 1.82) is 0 Å². The molecule has 0 bridgehead atoms. The number of aromatic nitrogens is 2. The summed E-state index contributed by atoms with van der Waals surface area (Å²) in [4.78, 5) is 0. The first-order chi connectivity index (χ1) is 7.61. The normalized spacial score (nSPS) is 10.7. The van der Waals surface area contributed by atoms with Gasteiger partial charge < -0.3 is 5.73 Å². The molecule has 2 rings (SSSR count). The van der Waals surface area contributed by atoms with Gasteiger partial charge in [-0.3, -0.25) is 0 Å². The first-order valence-corrected chi connectivity index (χ1v) is 5.53. The molecule has 0 unspecified atom stereocenters. The van der Waals surface area contributed by atoms with E-state index in [-0.39, 0.29) is 0 Å². The molecule has 1 aromatic heterocycles. The van der Waals surface area contributed by atoms with Crippen LogP contribution in [0.2, 0.25) is 0 Å². The van der Waals surface area contributed by atoms with E-state index in [9.17, 15) is 0 Å². The van der Waals surface area contributed by atoms with Crippen LogP contribution in [0.4, 0.5) is 5.82 Å². The molecule has 2 N–H and O–H groups in total. The third kappa shape index (κ3) is 1.81. The molecule has 1 heterocycles. The largest absolute Gasteiger partial charge is 0.383 e. The van der Waals surface area contributed by atoms with Gasteiger partial charge in [-0.2, -0.15) is 5.10 Å². The Morgan fingerprint density at radius 1 is 1.19 bits per heavy atom. The standard InChI is InChI=1S/C13H17N3/c1-4-11-8-15-16(13(11)14)12-6-9(2)5-10(3)7-12/h5-8H,4,14H2,1-3H3. The lowest BCUT2D eigenvalue weighted by Crippen LogP contribution is -2.03. The topological polar surface area (TPSA) is 43.8 Å². The van der Waals surface area contributed by atoms with Crippen LogP contribution in [0.5, 0.6) is 0 Å². The van der Waals surface area contributed by atoms with Gasteiger partial charge in [-0.1, -0.05) is 13.0 Å². The van der Waals surface area contributed by atoms with Crippen molar-refractivity contribution in [2.24, 2.45) is 0 Å². The lowest BCUT2D eigenvalue weighted by Gasteiger charge is -2.07. The van der Waals surface area contributed by atoms with Gasteiger partial charge in [-0.25, -0.2) is 4.68 Å². The Morgan fingerprint density at radius 2 is 1.81 bits per heavy atom. The van der Waals surface area contributed by atoms with Gasteiger partial charge in [-0.05, 0) is 43.5 Å². The minimum Gasteiger partial charge on any atom is -0.383 e. The van der Waals surface area contributed by atoms with Crippen LogP contribution >= 0.6 is 0 Å². The minimum absolute atomic E-state index is 0.743. The molecule has 3 nitrogen and oxygen atoms in total. The highest BCUT2D eigenvalue weighted by Crippen LogP contribution is 2.19. The van der Waals surface area contributed by atoms with Crippen LogP contribution in [0.3, 0.4) is 0 Å². The number of anilines is 1. The number of nitrogens with two attached hydrogens (primary N) is 1. The molecule has 0 saturated carbocycles. The van der Waals surface area contributed by atoms with Crippen LogP contribution < -0.4 is 5.73 Å². The zero-order chi connectivity index (χ0) is 11.7. The van der Waals surface area contributed by atoms with Crippen molar-refractivity contribution in [1.82, 2.24) is 9.78 Å². The maximum absolute atomic E-state index is 6.05. The van der Waals surface area contributed by atoms with Crippen molar-refractivity contribution in [3.63, 3.8) is 0 Å². The van der Waals surface area contributed by atoms with Crippen molar-refractivity contribution in [2.45, 2.75) is 27.2 Å². The van der Waals surface area contributed by atoms with E-state index >= 15 is 0 Å². The quantitative estimate of drug-likeness (QED) is 0.837. The van der Waals surface area contributed by atoms with Gasteiger partial charge in [0.1, 0.15) is 5.82 Å². The van der Waals surface area contributed by atoms with Crippen molar-refractivity contribution >= 4 is 5.82 Å². The lowest BCUT2D eigenvalue weighted by atomic mass is 10.1. The fourth-order valence-electron chi connectivity index (χ4n) is 1.94. The Morgan fingerprint density at radius 3 is 2.31 bits per heavy atom. The molecule has 0 aliphatic carbocycles. The lowest BCUT2D eigenvalue weighted by molar-refractivity contribution is 0.888. The Labute approximate surface area is 95.9 Å². The third-order valence-electron chi connectivity index (χ3n) is 2.72. The van der Waals surface area contributed by atoms with Crippen LogP contribution in [0.15, 0.2) is 24.4 Å². The van der Waals surface area contributed by atoms with E-state index in [4.69, 9.17) is 5.73 Å². The molecule has 84 valence electrons. The molecule has 16 heavy (non-hydrogen) atoms. The summed E-state index contributed by atoms with van der Waals surface area (Å²) in [5.74, 6) is 0.743. The van der Waals surface area contributed by atoms with Crippen LogP contribution in [0.1, 0.15) is 23.6 Å². The van der Waals surface area contributed by atoms with E-state index in [1.54, 1.807) is 4.68 Å². The number of aryl methyl sites for hydroxylation is 3. The fraction of sp³-hybridized carbons (Fsp3) is 0.308. The molecular formula is C13H17N3. The first-order valence-electron chi connectivity index (χ1n) is 5.53. The van der Waals surface area contributed by atoms with E-state index in [1.807, 2.05) is 6.20 Å². The molecule has 0 amide bonds. The Bertz CT molecular complexity index is 492. The Balaban J connectivity index is 2.54. The molecule has 0 fully saturated rings. The number of rotatable bonds is 2. The van der Waals surface area contributed by atoms with Gasteiger partial charge in [0.25, 0.3) is 0 Å². The average molecular weight is 215 g/mol. The second kappa shape index (κ2) is 4.00. The average Bonchev–Trinajstić information content (AvgIpc) is 2.58. The van der Waals surface area contributed by atoms with E-state index in [0.717, 1.165) is 23.5 Å². The number of hydrogen-bond donors (Lipinski definition) is 1. The molecular weight excluding hydrogens is 198 g/mol. The maximum Gasteiger partial charge on any atom is 0.130 e. The highest BCUT2D eigenvalue weighted by molar-refractivity contribution is 5.49. The summed E-state index contributed by atoms with van der Waals surface area (Å²) in [6, 6.07) is 6.33. The molecule has 0 atom stereocenters. The molecule has 0 aliphatic heterocycles. The minimum atomic E-state index is 0.743. The second-order valence-corrected chi connectivity index (χ2v) is 4.17. The van der Waals surface area contributed by atoms with E-state index < -0.39 is 0 Å². The maximum atomic E-state index is 6.05. The molecule has 0 aliphatic rings. The van der Waals surface area contributed by atoms with Crippen LogP contribution in [0.25, 0.3) is 5.69 Å². The van der Waals surface area contributed by atoms with E-state index in [2.05, 4.69) is 44.1 Å². The van der Waals surface area contributed by atoms with Gasteiger partial charge in [0.2, 0.25) is 0 Å². The number of hydrogen-bond acceptors (Lipinski definition) is 2. The molecule has 0 spiro atoms. The summed E-state index contributed by atoms with van der Waals surface area (Å²) in [5.41, 5.74) is 10.6. The molecule has 3 heteroatoms. The van der Waals surface area contributed by atoms with E-state index in [1.165, 1.54) is 11.1 Å². The smallest absolute Gasteiger partial charge is 0.130 e. The van der Waals surface area contributed by atoms with Crippen molar-refractivity contribution in [2.75, 3.05) is 5.73 Å². The first kappa shape index (κ1) is 10.7. The molecule has 1 aromatic carbocycles. The molecule has 2 aromatic rings. The summed E-state index contributed by atoms with van der Waals surface area (Å²) >= 11 is 0. The SMILES string of the molecule is CCc1cnn(-c2cc(C)cc(C)c2)c1N. The summed E-state index contributed by atoms with van der Waals surface area (Å²) in [6.45, 7) is 6.24. The Kier molecular flexibility index (Phi) is 2.69. The van der Waals surface area contributed by atoms with Crippen molar-refractivity contribution in [3.05, 3.63) is 41.1 Å². The summed E-state index contributed by atoms with van der Waals surface area (Å²) < 4.78 is 1.80. The zero-order valence-electron chi connectivity index (χ0n) is 9.99. The monoisotopic (exact) mass is 215 g/mol. The summed E-state index contributed by atoms with van der Waals surface area (Å²) in [5, 5.41) is 4.33. The number of nitrogen functional groups attached to an aromatic ring is 1. The second-order valence-electron chi connectivity index (χ2n) is 4.17. The van der Waals surface area contributed by atoms with Crippen LogP contribution in [0, 0.1) is 13.8 Å². The highest BCUT2D eigenvalue weighted by Gasteiger charge is 2.07. The van der Waals surface area contributed by atoms with Gasteiger partial charge in [0, 0.05) is 5.56 Å². The van der Waals surface area contributed by atoms with Crippen LogP contribution in [-0.4, -0.2) is 9.78 Å².